The van der Waals surface area contributed by atoms with Crippen LogP contribution in [0.15, 0.2) is 24.3 Å². The van der Waals surface area contributed by atoms with E-state index in [0.717, 1.165) is 31.7 Å². The molecule has 0 bridgehead atoms. The number of likely N-dealkylation sites (tertiary alicyclic amines) is 1. The molecule has 1 aromatic carbocycles. The van der Waals surface area contributed by atoms with E-state index in [2.05, 4.69) is 24.0 Å². The minimum atomic E-state index is 0.0844. The van der Waals surface area contributed by atoms with Crippen molar-refractivity contribution in [2.45, 2.75) is 38.0 Å². The van der Waals surface area contributed by atoms with Crippen LogP contribution in [0.2, 0.25) is 0 Å². The summed E-state index contributed by atoms with van der Waals surface area (Å²) in [5.74, 6) is 0.889. The van der Waals surface area contributed by atoms with Crippen molar-refractivity contribution < 1.29 is 9.47 Å². The number of hydrogen-bond acceptors (Lipinski definition) is 4. The third-order valence-electron chi connectivity index (χ3n) is 4.14. The molecular formula is C16H26N2O2. The third-order valence-corrected chi connectivity index (χ3v) is 4.14. The fraction of sp³-hybridized carbons (Fsp3) is 0.625. The molecule has 1 saturated heterocycles. The fourth-order valence-electron chi connectivity index (χ4n) is 3.06. The van der Waals surface area contributed by atoms with Crippen LogP contribution in [0.1, 0.15) is 31.4 Å². The van der Waals surface area contributed by atoms with Crippen LogP contribution in [0.4, 0.5) is 0 Å². The molecule has 2 unspecified atom stereocenters. The van der Waals surface area contributed by atoms with Crippen LogP contribution in [0.5, 0.6) is 5.75 Å². The summed E-state index contributed by atoms with van der Waals surface area (Å²) in [6, 6.07) is 8.56. The summed E-state index contributed by atoms with van der Waals surface area (Å²) in [7, 11) is 3.50. The molecule has 2 N–H and O–H groups in total. The quantitative estimate of drug-likeness (QED) is 0.897. The molecule has 1 aliphatic rings. The summed E-state index contributed by atoms with van der Waals surface area (Å²) in [5, 5.41) is 0. The number of nitrogens with two attached hydrogens (primary N) is 1. The van der Waals surface area contributed by atoms with Crippen LogP contribution in [0.3, 0.4) is 0 Å². The smallest absolute Gasteiger partial charge is 0.119 e. The van der Waals surface area contributed by atoms with Gasteiger partial charge in [0.05, 0.1) is 13.2 Å². The van der Waals surface area contributed by atoms with Gasteiger partial charge in [0.15, 0.2) is 0 Å². The molecule has 0 radical (unpaired) electrons. The maximum Gasteiger partial charge on any atom is 0.119 e. The molecule has 1 heterocycles. The highest BCUT2D eigenvalue weighted by Crippen LogP contribution is 2.29. The summed E-state index contributed by atoms with van der Waals surface area (Å²) in [6.07, 6.45) is 2.54. The van der Waals surface area contributed by atoms with Gasteiger partial charge in [-0.25, -0.2) is 0 Å². The number of hydrogen-bond donors (Lipinski definition) is 1. The van der Waals surface area contributed by atoms with E-state index in [-0.39, 0.29) is 12.1 Å². The van der Waals surface area contributed by atoms with Gasteiger partial charge in [0.25, 0.3) is 0 Å². The fourth-order valence-corrected chi connectivity index (χ4v) is 3.06. The largest absolute Gasteiger partial charge is 0.497 e. The minimum absolute atomic E-state index is 0.0844. The van der Waals surface area contributed by atoms with Gasteiger partial charge in [0.2, 0.25) is 0 Å². The average molecular weight is 278 g/mol. The van der Waals surface area contributed by atoms with Gasteiger partial charge in [0, 0.05) is 32.3 Å². The Kier molecular flexibility index (Phi) is 5.40. The molecule has 1 aromatic rings. The van der Waals surface area contributed by atoms with Gasteiger partial charge in [-0.2, -0.15) is 0 Å². The highest BCUT2D eigenvalue weighted by molar-refractivity contribution is 5.31. The van der Waals surface area contributed by atoms with Crippen LogP contribution in [-0.2, 0) is 4.74 Å². The Morgan fingerprint density at radius 2 is 1.95 bits per heavy atom. The van der Waals surface area contributed by atoms with Gasteiger partial charge in [-0.3, -0.25) is 4.90 Å². The summed E-state index contributed by atoms with van der Waals surface area (Å²) in [4.78, 5) is 2.47. The van der Waals surface area contributed by atoms with E-state index in [0.29, 0.717) is 6.10 Å². The molecule has 4 heteroatoms. The first kappa shape index (κ1) is 15.3. The molecule has 1 fully saturated rings. The molecule has 112 valence electrons. The first-order valence-electron chi connectivity index (χ1n) is 7.32. The standard InChI is InChI=1S/C16H26N2O2/c1-12(17)16(13-5-4-6-15(11-13)20-3)18-9-7-14(19-2)8-10-18/h4-6,11-12,14,16H,7-10,17H2,1-3H3. The van der Waals surface area contributed by atoms with Crippen LogP contribution in [0.25, 0.3) is 0 Å². The molecular weight excluding hydrogens is 252 g/mol. The Balaban J connectivity index is 2.14. The molecule has 0 aromatic heterocycles. The third kappa shape index (κ3) is 3.51. The molecule has 0 aliphatic carbocycles. The van der Waals surface area contributed by atoms with Gasteiger partial charge in [-0.15, -0.1) is 0 Å². The first-order chi connectivity index (χ1) is 9.65. The molecule has 1 aliphatic heterocycles. The predicted molar refractivity (Wildman–Crippen MR) is 81.0 cm³/mol. The van der Waals surface area contributed by atoms with Crippen molar-refractivity contribution in [1.29, 1.82) is 0 Å². The summed E-state index contributed by atoms with van der Waals surface area (Å²) >= 11 is 0. The van der Waals surface area contributed by atoms with Crippen molar-refractivity contribution in [2.24, 2.45) is 5.73 Å². The van der Waals surface area contributed by atoms with Crippen LogP contribution < -0.4 is 10.5 Å². The van der Waals surface area contributed by atoms with E-state index in [1.165, 1.54) is 5.56 Å². The van der Waals surface area contributed by atoms with Crippen molar-refractivity contribution in [3.63, 3.8) is 0 Å². The van der Waals surface area contributed by atoms with E-state index < -0.39 is 0 Å². The van der Waals surface area contributed by atoms with Crippen molar-refractivity contribution in [3.8, 4) is 5.75 Å². The number of benzene rings is 1. The lowest BCUT2D eigenvalue weighted by atomic mass is 9.96. The van der Waals surface area contributed by atoms with E-state index in [1.807, 2.05) is 12.1 Å². The molecule has 4 nitrogen and oxygen atoms in total. The molecule has 0 saturated carbocycles. The Bertz CT molecular complexity index is 415. The molecule has 0 spiro atoms. The summed E-state index contributed by atoms with van der Waals surface area (Å²) < 4.78 is 10.8. The minimum Gasteiger partial charge on any atom is -0.497 e. The number of rotatable bonds is 5. The second-order valence-corrected chi connectivity index (χ2v) is 5.55. The normalized spacial score (nSPS) is 20.6. The maximum absolute atomic E-state index is 6.24. The Labute approximate surface area is 121 Å². The zero-order chi connectivity index (χ0) is 14.5. The summed E-state index contributed by atoms with van der Waals surface area (Å²) in [5.41, 5.74) is 7.48. The molecule has 2 rings (SSSR count). The van der Waals surface area contributed by atoms with Crippen LogP contribution in [0, 0.1) is 0 Å². The Morgan fingerprint density at radius 1 is 1.25 bits per heavy atom. The number of ether oxygens (including phenoxy) is 2. The van der Waals surface area contributed by atoms with Crippen molar-refractivity contribution in [2.75, 3.05) is 27.3 Å². The lowest BCUT2D eigenvalue weighted by Gasteiger charge is -2.39. The Hall–Kier alpha value is -1.10. The van der Waals surface area contributed by atoms with Crippen molar-refractivity contribution in [1.82, 2.24) is 4.90 Å². The highest BCUT2D eigenvalue weighted by Gasteiger charge is 2.28. The average Bonchev–Trinajstić information content (AvgIpc) is 2.48. The van der Waals surface area contributed by atoms with Gasteiger partial charge < -0.3 is 15.2 Å². The predicted octanol–water partition coefficient (Wildman–Crippen LogP) is 2.19. The topological polar surface area (TPSA) is 47.7 Å². The highest BCUT2D eigenvalue weighted by atomic mass is 16.5. The van der Waals surface area contributed by atoms with Gasteiger partial charge >= 0.3 is 0 Å². The monoisotopic (exact) mass is 278 g/mol. The van der Waals surface area contributed by atoms with E-state index in [1.54, 1.807) is 14.2 Å². The van der Waals surface area contributed by atoms with Crippen molar-refractivity contribution >= 4 is 0 Å². The molecule has 2 atom stereocenters. The lowest BCUT2D eigenvalue weighted by molar-refractivity contribution is 0.0234. The second kappa shape index (κ2) is 7.07. The second-order valence-electron chi connectivity index (χ2n) is 5.55. The van der Waals surface area contributed by atoms with E-state index in [4.69, 9.17) is 15.2 Å². The Morgan fingerprint density at radius 3 is 2.50 bits per heavy atom. The number of nitrogens with zero attached hydrogens (tertiary/aromatic N) is 1. The van der Waals surface area contributed by atoms with E-state index in [9.17, 15) is 0 Å². The zero-order valence-electron chi connectivity index (χ0n) is 12.7. The van der Waals surface area contributed by atoms with E-state index >= 15 is 0 Å². The SMILES string of the molecule is COc1cccc(C(C(C)N)N2CCC(OC)CC2)c1. The zero-order valence-corrected chi connectivity index (χ0v) is 12.7. The van der Waals surface area contributed by atoms with Crippen LogP contribution >= 0.6 is 0 Å². The van der Waals surface area contributed by atoms with Crippen LogP contribution in [-0.4, -0.2) is 44.4 Å². The van der Waals surface area contributed by atoms with Gasteiger partial charge in [-0.05, 0) is 37.5 Å². The maximum atomic E-state index is 6.24. The number of methoxy groups -OCH3 is 2. The first-order valence-corrected chi connectivity index (χ1v) is 7.32. The molecule has 0 amide bonds. The lowest BCUT2D eigenvalue weighted by Crippen LogP contribution is -2.45. The number of piperidine rings is 1. The summed E-state index contributed by atoms with van der Waals surface area (Å²) in [6.45, 7) is 4.14. The van der Waals surface area contributed by atoms with Crippen molar-refractivity contribution in [3.05, 3.63) is 29.8 Å². The van der Waals surface area contributed by atoms with Gasteiger partial charge in [-0.1, -0.05) is 12.1 Å². The van der Waals surface area contributed by atoms with Gasteiger partial charge in [0.1, 0.15) is 5.75 Å². The molecule has 20 heavy (non-hydrogen) atoms.